The molecule has 1 aliphatic rings. The first-order chi connectivity index (χ1) is 9.26. The van der Waals surface area contributed by atoms with Crippen molar-refractivity contribution in [2.75, 3.05) is 19.6 Å². The van der Waals surface area contributed by atoms with E-state index in [0.717, 1.165) is 0 Å². The van der Waals surface area contributed by atoms with Crippen LogP contribution in [0.5, 0.6) is 0 Å². The molecule has 20 heavy (non-hydrogen) atoms. The lowest BCUT2D eigenvalue weighted by molar-refractivity contribution is 0.283. The molecule has 0 spiro atoms. The van der Waals surface area contributed by atoms with Crippen molar-refractivity contribution < 1.29 is 8.42 Å². The van der Waals surface area contributed by atoms with Crippen molar-refractivity contribution in [3.63, 3.8) is 0 Å². The standard InChI is InChI=1S/C13H18Cl2N2O2S/c1-8-6-11(14)10(3)13(12(8)15)20(18,19)17-5-4-16-7-9(17)2/h6,9,16H,4-5,7H2,1-3H3/t9-/m0/s1. The summed E-state index contributed by atoms with van der Waals surface area (Å²) < 4.78 is 27.3. The first kappa shape index (κ1) is 16.0. The molecular weight excluding hydrogens is 319 g/mol. The predicted octanol–water partition coefficient (Wildman–Crippen LogP) is 2.59. The van der Waals surface area contributed by atoms with Gasteiger partial charge in [0.15, 0.2) is 0 Å². The molecular formula is C13H18Cl2N2O2S. The van der Waals surface area contributed by atoms with Gasteiger partial charge in [-0.2, -0.15) is 4.31 Å². The van der Waals surface area contributed by atoms with Gasteiger partial charge in [0, 0.05) is 30.7 Å². The highest BCUT2D eigenvalue weighted by atomic mass is 35.5. The Morgan fingerprint density at radius 1 is 1.35 bits per heavy atom. The number of halogens is 2. The molecule has 0 aromatic heterocycles. The molecule has 7 heteroatoms. The van der Waals surface area contributed by atoms with Crippen LogP contribution in [0.3, 0.4) is 0 Å². The molecule has 1 heterocycles. The molecule has 0 unspecified atom stereocenters. The third kappa shape index (κ3) is 2.70. The summed E-state index contributed by atoms with van der Waals surface area (Å²) in [4.78, 5) is 0.137. The highest BCUT2D eigenvalue weighted by molar-refractivity contribution is 7.89. The SMILES string of the molecule is Cc1cc(Cl)c(C)c(S(=O)(=O)N2CCNC[C@@H]2C)c1Cl. The Hall–Kier alpha value is -0.330. The van der Waals surface area contributed by atoms with Crippen LogP contribution in [-0.2, 0) is 10.0 Å². The minimum Gasteiger partial charge on any atom is -0.314 e. The van der Waals surface area contributed by atoms with Gasteiger partial charge in [-0.25, -0.2) is 8.42 Å². The first-order valence-electron chi connectivity index (χ1n) is 6.44. The zero-order valence-corrected chi connectivity index (χ0v) is 14.0. The Bertz CT molecular complexity index is 605. The summed E-state index contributed by atoms with van der Waals surface area (Å²) >= 11 is 12.4. The summed E-state index contributed by atoms with van der Waals surface area (Å²) in [5, 5.41) is 3.86. The summed E-state index contributed by atoms with van der Waals surface area (Å²) in [6.45, 7) is 7.03. The number of rotatable bonds is 2. The molecule has 1 aromatic rings. The lowest BCUT2D eigenvalue weighted by Crippen LogP contribution is -2.52. The van der Waals surface area contributed by atoms with Crippen molar-refractivity contribution >= 4 is 33.2 Å². The summed E-state index contributed by atoms with van der Waals surface area (Å²) in [6.07, 6.45) is 0. The van der Waals surface area contributed by atoms with E-state index in [2.05, 4.69) is 5.32 Å². The van der Waals surface area contributed by atoms with Gasteiger partial charge in [0.1, 0.15) is 4.90 Å². The predicted molar refractivity (Wildman–Crippen MR) is 82.2 cm³/mol. The molecule has 4 nitrogen and oxygen atoms in total. The Balaban J connectivity index is 2.60. The van der Waals surface area contributed by atoms with E-state index in [4.69, 9.17) is 23.2 Å². The molecule has 0 bridgehead atoms. The summed E-state index contributed by atoms with van der Waals surface area (Å²) in [6, 6.07) is 1.59. The maximum Gasteiger partial charge on any atom is 0.245 e. The molecule has 2 rings (SSSR count). The van der Waals surface area contributed by atoms with Crippen molar-refractivity contribution in [1.82, 2.24) is 9.62 Å². The van der Waals surface area contributed by atoms with Crippen molar-refractivity contribution in [1.29, 1.82) is 0 Å². The van der Waals surface area contributed by atoms with Gasteiger partial charge >= 0.3 is 0 Å². The van der Waals surface area contributed by atoms with E-state index < -0.39 is 10.0 Å². The van der Waals surface area contributed by atoms with E-state index in [0.29, 0.717) is 35.8 Å². The summed E-state index contributed by atoms with van der Waals surface area (Å²) in [5.41, 5.74) is 1.18. The van der Waals surface area contributed by atoms with Gasteiger partial charge in [0.25, 0.3) is 0 Å². The fourth-order valence-corrected chi connectivity index (χ4v) is 5.22. The van der Waals surface area contributed by atoms with E-state index in [-0.39, 0.29) is 16.0 Å². The van der Waals surface area contributed by atoms with E-state index >= 15 is 0 Å². The van der Waals surface area contributed by atoms with Gasteiger partial charge < -0.3 is 5.32 Å². The molecule has 1 atom stereocenters. The van der Waals surface area contributed by atoms with Gasteiger partial charge in [-0.15, -0.1) is 0 Å². The van der Waals surface area contributed by atoms with Gasteiger partial charge in [-0.05, 0) is 38.0 Å². The topological polar surface area (TPSA) is 49.4 Å². The maximum absolute atomic E-state index is 12.9. The van der Waals surface area contributed by atoms with Crippen LogP contribution < -0.4 is 5.32 Å². The average Bonchev–Trinajstić information content (AvgIpc) is 2.36. The number of sulfonamides is 1. The Morgan fingerprint density at radius 3 is 2.60 bits per heavy atom. The van der Waals surface area contributed by atoms with Gasteiger partial charge in [0.2, 0.25) is 10.0 Å². The summed E-state index contributed by atoms with van der Waals surface area (Å²) in [5.74, 6) is 0. The maximum atomic E-state index is 12.9. The van der Waals surface area contributed by atoms with Crippen LogP contribution in [-0.4, -0.2) is 38.4 Å². The quantitative estimate of drug-likeness (QED) is 0.902. The first-order valence-corrected chi connectivity index (χ1v) is 8.64. The number of nitrogens with one attached hydrogen (secondary N) is 1. The van der Waals surface area contributed by atoms with Crippen molar-refractivity contribution in [2.45, 2.75) is 31.7 Å². The zero-order valence-electron chi connectivity index (χ0n) is 11.7. The Labute approximate surface area is 130 Å². The van der Waals surface area contributed by atoms with E-state index in [9.17, 15) is 8.42 Å². The minimum absolute atomic E-state index is 0.108. The second-order valence-electron chi connectivity index (χ2n) is 5.11. The largest absolute Gasteiger partial charge is 0.314 e. The summed E-state index contributed by atoms with van der Waals surface area (Å²) in [7, 11) is -3.64. The van der Waals surface area contributed by atoms with Crippen molar-refractivity contribution in [3.05, 3.63) is 27.2 Å². The number of hydrogen-bond acceptors (Lipinski definition) is 3. The molecule has 1 aromatic carbocycles. The van der Waals surface area contributed by atoms with Crippen LogP contribution in [0.4, 0.5) is 0 Å². The number of piperazine rings is 1. The average molecular weight is 337 g/mol. The van der Waals surface area contributed by atoms with Crippen molar-refractivity contribution in [3.8, 4) is 0 Å². The zero-order chi connectivity index (χ0) is 15.1. The number of hydrogen-bond donors (Lipinski definition) is 1. The van der Waals surface area contributed by atoms with Crippen molar-refractivity contribution in [2.24, 2.45) is 0 Å². The van der Waals surface area contributed by atoms with Gasteiger partial charge in [-0.3, -0.25) is 0 Å². The number of aryl methyl sites for hydroxylation is 1. The molecule has 112 valence electrons. The smallest absolute Gasteiger partial charge is 0.245 e. The fourth-order valence-electron chi connectivity index (χ4n) is 2.42. The molecule has 1 saturated heterocycles. The Kier molecular flexibility index (Phi) is 4.66. The Morgan fingerprint density at radius 2 is 2.00 bits per heavy atom. The lowest BCUT2D eigenvalue weighted by atomic mass is 10.2. The molecule has 1 N–H and O–H groups in total. The number of nitrogens with zero attached hydrogens (tertiary/aromatic N) is 1. The molecule has 0 radical (unpaired) electrons. The third-order valence-electron chi connectivity index (χ3n) is 3.59. The van der Waals surface area contributed by atoms with E-state index in [1.165, 1.54) is 4.31 Å². The van der Waals surface area contributed by atoms with Gasteiger partial charge in [0.05, 0.1) is 5.02 Å². The molecule has 1 fully saturated rings. The van der Waals surface area contributed by atoms with Crippen LogP contribution in [0, 0.1) is 13.8 Å². The molecule has 0 amide bonds. The van der Waals surface area contributed by atoms with Crippen LogP contribution in [0.1, 0.15) is 18.1 Å². The highest BCUT2D eigenvalue weighted by Crippen LogP contribution is 2.35. The molecule has 0 saturated carbocycles. The highest BCUT2D eigenvalue weighted by Gasteiger charge is 2.34. The van der Waals surface area contributed by atoms with Crippen LogP contribution in [0.2, 0.25) is 10.0 Å². The van der Waals surface area contributed by atoms with Crippen LogP contribution in [0.15, 0.2) is 11.0 Å². The molecule has 1 aliphatic heterocycles. The second-order valence-corrected chi connectivity index (χ2v) is 7.72. The minimum atomic E-state index is -3.64. The van der Waals surface area contributed by atoms with Gasteiger partial charge in [-0.1, -0.05) is 23.2 Å². The van der Waals surface area contributed by atoms with Crippen LogP contribution in [0.25, 0.3) is 0 Å². The second kappa shape index (κ2) is 5.81. The third-order valence-corrected chi connectivity index (χ3v) is 6.77. The molecule has 0 aliphatic carbocycles. The van der Waals surface area contributed by atoms with Crippen LogP contribution >= 0.6 is 23.2 Å². The normalized spacial score (nSPS) is 21.1. The number of benzene rings is 1. The van der Waals surface area contributed by atoms with E-state index in [1.807, 2.05) is 6.92 Å². The lowest BCUT2D eigenvalue weighted by Gasteiger charge is -2.33. The monoisotopic (exact) mass is 336 g/mol. The fraction of sp³-hybridized carbons (Fsp3) is 0.538. The van der Waals surface area contributed by atoms with E-state index in [1.54, 1.807) is 19.9 Å².